The smallest absolute Gasteiger partial charge is 0.223 e. The Bertz CT molecular complexity index is 554. The minimum atomic E-state index is -0.338. The number of rotatable bonds is 4. The van der Waals surface area contributed by atoms with Gasteiger partial charge in [-0.2, -0.15) is 5.10 Å². The summed E-state index contributed by atoms with van der Waals surface area (Å²) in [5, 5.41) is 4.19. The van der Waals surface area contributed by atoms with E-state index in [-0.39, 0.29) is 17.7 Å². The molecule has 0 saturated carbocycles. The highest BCUT2D eigenvalue weighted by Gasteiger charge is 2.27. The zero-order valence-electron chi connectivity index (χ0n) is 13.6. The lowest BCUT2D eigenvalue weighted by atomic mass is 10.1. The zero-order valence-corrected chi connectivity index (χ0v) is 13.6. The molecule has 2 N–H and O–H groups in total. The highest BCUT2D eigenvalue weighted by atomic mass is 16.2. The lowest BCUT2D eigenvalue weighted by Gasteiger charge is -2.22. The summed E-state index contributed by atoms with van der Waals surface area (Å²) < 4.78 is 1.81. The van der Waals surface area contributed by atoms with Gasteiger partial charge in [-0.1, -0.05) is 0 Å². The second-order valence-corrected chi connectivity index (χ2v) is 6.08. The first-order chi connectivity index (χ1) is 10.4. The Morgan fingerprint density at radius 3 is 2.64 bits per heavy atom. The molecule has 1 aliphatic rings. The fraction of sp³-hybridized carbons (Fsp3) is 0.667. The van der Waals surface area contributed by atoms with Crippen molar-refractivity contribution in [1.29, 1.82) is 0 Å². The van der Waals surface area contributed by atoms with E-state index in [9.17, 15) is 9.59 Å². The van der Waals surface area contributed by atoms with Crippen molar-refractivity contribution in [3.63, 3.8) is 0 Å². The molecule has 1 saturated heterocycles. The maximum Gasteiger partial charge on any atom is 0.223 e. The molecule has 1 unspecified atom stereocenters. The van der Waals surface area contributed by atoms with Crippen LogP contribution in [0.2, 0.25) is 0 Å². The Morgan fingerprint density at radius 2 is 2.05 bits per heavy atom. The molecule has 2 heterocycles. The van der Waals surface area contributed by atoms with E-state index >= 15 is 0 Å². The maximum atomic E-state index is 12.4. The Kier molecular flexibility index (Phi) is 5.18. The van der Waals surface area contributed by atoms with Gasteiger partial charge in [-0.05, 0) is 26.0 Å². The molecule has 0 bridgehead atoms. The quantitative estimate of drug-likeness (QED) is 0.815. The van der Waals surface area contributed by atoms with Gasteiger partial charge < -0.3 is 15.5 Å². The van der Waals surface area contributed by atoms with Crippen molar-refractivity contribution in [2.75, 3.05) is 33.2 Å². The molecule has 1 atom stereocenters. The number of carbonyl (C=O) groups is 2. The number of primary amides is 1. The van der Waals surface area contributed by atoms with Gasteiger partial charge in [0.05, 0.1) is 12.1 Å². The number of carbonyl (C=O) groups excluding carboxylic acids is 2. The van der Waals surface area contributed by atoms with Crippen LogP contribution in [0.3, 0.4) is 0 Å². The summed E-state index contributed by atoms with van der Waals surface area (Å²) in [4.78, 5) is 27.8. The minimum Gasteiger partial charge on any atom is -0.369 e. The molecule has 22 heavy (non-hydrogen) atoms. The lowest BCUT2D eigenvalue weighted by Crippen LogP contribution is -2.40. The van der Waals surface area contributed by atoms with Gasteiger partial charge in [-0.15, -0.1) is 0 Å². The maximum absolute atomic E-state index is 12.4. The van der Waals surface area contributed by atoms with Crippen LogP contribution in [0.15, 0.2) is 6.20 Å². The van der Waals surface area contributed by atoms with Crippen LogP contribution in [0.5, 0.6) is 0 Å². The van der Waals surface area contributed by atoms with Gasteiger partial charge >= 0.3 is 0 Å². The molecule has 1 fully saturated rings. The molecule has 1 aromatic rings. The van der Waals surface area contributed by atoms with Crippen molar-refractivity contribution >= 4 is 11.8 Å². The number of amides is 2. The molecule has 0 spiro atoms. The molecule has 0 aromatic carbocycles. The van der Waals surface area contributed by atoms with Gasteiger partial charge in [0.1, 0.15) is 0 Å². The van der Waals surface area contributed by atoms with E-state index in [4.69, 9.17) is 5.73 Å². The summed E-state index contributed by atoms with van der Waals surface area (Å²) in [6.45, 7) is 4.44. The molecular weight excluding hydrogens is 282 g/mol. The average molecular weight is 307 g/mol. The second kappa shape index (κ2) is 6.91. The van der Waals surface area contributed by atoms with E-state index in [1.54, 1.807) is 4.90 Å². The molecular formula is C15H25N5O2. The number of nitrogens with two attached hydrogens (primary N) is 1. The van der Waals surface area contributed by atoms with E-state index in [1.165, 1.54) is 0 Å². The topological polar surface area (TPSA) is 84.5 Å². The summed E-state index contributed by atoms with van der Waals surface area (Å²) >= 11 is 0. The van der Waals surface area contributed by atoms with E-state index in [0.717, 1.165) is 17.8 Å². The third-order valence-corrected chi connectivity index (χ3v) is 4.42. The lowest BCUT2D eigenvalue weighted by molar-refractivity contribution is -0.132. The van der Waals surface area contributed by atoms with Crippen LogP contribution in [0.25, 0.3) is 0 Å². The van der Waals surface area contributed by atoms with Crippen LogP contribution in [-0.4, -0.2) is 64.6 Å². The molecule has 0 aliphatic carbocycles. The predicted octanol–water partition coefficient (Wildman–Crippen LogP) is -0.463. The molecule has 122 valence electrons. The van der Waals surface area contributed by atoms with E-state index < -0.39 is 0 Å². The summed E-state index contributed by atoms with van der Waals surface area (Å²) in [5.74, 6) is -0.559. The molecule has 2 rings (SSSR count). The zero-order chi connectivity index (χ0) is 16.3. The van der Waals surface area contributed by atoms with Gasteiger partial charge in [0, 0.05) is 45.3 Å². The Balaban J connectivity index is 1.96. The van der Waals surface area contributed by atoms with Crippen LogP contribution < -0.4 is 5.73 Å². The van der Waals surface area contributed by atoms with E-state index in [1.807, 2.05) is 36.8 Å². The van der Waals surface area contributed by atoms with Crippen molar-refractivity contribution in [3.05, 3.63) is 17.5 Å². The van der Waals surface area contributed by atoms with E-state index in [2.05, 4.69) is 5.10 Å². The first-order valence-electron chi connectivity index (χ1n) is 7.61. The summed E-state index contributed by atoms with van der Waals surface area (Å²) in [5.41, 5.74) is 7.61. The molecule has 7 nitrogen and oxygen atoms in total. The number of hydrogen-bond acceptors (Lipinski definition) is 4. The van der Waals surface area contributed by atoms with Gasteiger partial charge in [0.25, 0.3) is 0 Å². The van der Waals surface area contributed by atoms with Crippen LogP contribution >= 0.6 is 0 Å². The number of hydrogen-bond donors (Lipinski definition) is 1. The van der Waals surface area contributed by atoms with Crippen molar-refractivity contribution < 1.29 is 9.59 Å². The first-order valence-corrected chi connectivity index (χ1v) is 7.61. The van der Waals surface area contributed by atoms with Crippen molar-refractivity contribution in [1.82, 2.24) is 19.6 Å². The fourth-order valence-corrected chi connectivity index (χ4v) is 2.77. The van der Waals surface area contributed by atoms with Crippen LogP contribution in [-0.2, 0) is 23.1 Å². The summed E-state index contributed by atoms with van der Waals surface area (Å²) in [6, 6.07) is 0. The van der Waals surface area contributed by atoms with Crippen LogP contribution in [0.4, 0.5) is 0 Å². The molecule has 0 radical (unpaired) electrons. The number of aryl methyl sites for hydroxylation is 2. The molecule has 7 heteroatoms. The largest absolute Gasteiger partial charge is 0.369 e. The van der Waals surface area contributed by atoms with Gasteiger partial charge in [-0.3, -0.25) is 14.3 Å². The Morgan fingerprint density at radius 1 is 1.32 bits per heavy atom. The third kappa shape index (κ3) is 3.85. The number of likely N-dealkylation sites (N-methyl/N-ethyl adjacent to an activating group) is 1. The third-order valence-electron chi connectivity index (χ3n) is 4.42. The van der Waals surface area contributed by atoms with E-state index in [0.29, 0.717) is 32.5 Å². The van der Waals surface area contributed by atoms with Crippen LogP contribution in [0, 0.1) is 12.8 Å². The minimum absolute atomic E-state index is 0.0739. The Hall–Kier alpha value is -1.89. The van der Waals surface area contributed by atoms with Crippen molar-refractivity contribution in [3.8, 4) is 0 Å². The molecule has 2 amide bonds. The fourth-order valence-electron chi connectivity index (χ4n) is 2.77. The van der Waals surface area contributed by atoms with Crippen LogP contribution in [0.1, 0.15) is 17.7 Å². The average Bonchev–Trinajstić information content (AvgIpc) is 2.67. The monoisotopic (exact) mass is 307 g/mol. The molecule has 1 aromatic heterocycles. The predicted molar refractivity (Wildman–Crippen MR) is 83.0 cm³/mol. The highest BCUT2D eigenvalue weighted by molar-refractivity contribution is 5.80. The highest BCUT2D eigenvalue weighted by Crippen LogP contribution is 2.13. The SMILES string of the molecule is Cc1c(CCC(=O)N2CCN(C)CC(C(N)=O)C2)cnn1C. The van der Waals surface area contributed by atoms with Gasteiger partial charge in [0.15, 0.2) is 0 Å². The second-order valence-electron chi connectivity index (χ2n) is 6.08. The summed E-state index contributed by atoms with van der Waals surface area (Å²) in [6.07, 6.45) is 2.92. The summed E-state index contributed by atoms with van der Waals surface area (Å²) in [7, 11) is 3.84. The van der Waals surface area contributed by atoms with Gasteiger partial charge in [-0.25, -0.2) is 0 Å². The standard InChI is InChI=1S/C15H25N5O2/c1-11-12(8-17-19(11)3)4-5-14(21)20-7-6-18(2)9-13(10-20)15(16)22/h8,13H,4-7,9-10H2,1-3H3,(H2,16,22). The van der Waals surface area contributed by atoms with Crippen molar-refractivity contribution in [2.24, 2.45) is 18.7 Å². The van der Waals surface area contributed by atoms with Gasteiger partial charge in [0.2, 0.25) is 11.8 Å². The van der Waals surface area contributed by atoms with Crippen molar-refractivity contribution in [2.45, 2.75) is 19.8 Å². The first kappa shape index (κ1) is 16.5. The normalized spacial score (nSPS) is 20.0. The number of nitrogens with zero attached hydrogens (tertiary/aromatic N) is 4. The Labute approximate surface area is 131 Å². The molecule has 1 aliphatic heterocycles. The number of aromatic nitrogens is 2.